The van der Waals surface area contributed by atoms with Gasteiger partial charge in [-0.3, -0.25) is 9.52 Å². The molecule has 0 unspecified atom stereocenters. The lowest BCUT2D eigenvalue weighted by Crippen LogP contribution is -2.18. The minimum absolute atomic E-state index is 0.152. The third-order valence-corrected chi connectivity index (χ3v) is 6.85. The van der Waals surface area contributed by atoms with Crippen LogP contribution < -0.4 is 19.5 Å². The zero-order valence-corrected chi connectivity index (χ0v) is 18.2. The molecule has 1 amide bonds. The number of para-hydroxylation sites is 2. The number of rotatable bonds is 9. The van der Waals surface area contributed by atoms with Gasteiger partial charge >= 0.3 is 0 Å². The van der Waals surface area contributed by atoms with Gasteiger partial charge in [0.05, 0.1) is 18.8 Å². The molecule has 3 rings (SSSR count). The number of hydrogen-bond donors (Lipinski definition) is 2. The normalized spacial score (nSPS) is 11.0. The molecule has 0 aliphatic heterocycles. The molecule has 2 N–H and O–H groups in total. The average Bonchev–Trinajstić information content (AvgIpc) is 3.20. The van der Waals surface area contributed by atoms with E-state index in [1.165, 1.54) is 13.0 Å². The number of sulfonamides is 1. The molecule has 158 valence electrons. The Labute approximate surface area is 179 Å². The highest BCUT2D eigenvalue weighted by Gasteiger charge is 2.19. The van der Waals surface area contributed by atoms with Crippen LogP contribution in [0.15, 0.2) is 64.9 Å². The fraction of sp³-hybridized carbons (Fsp3) is 0.190. The Bertz CT molecular complexity index is 1110. The molecular formula is C21H22N2O5S2. The first-order chi connectivity index (χ1) is 14.4. The molecule has 0 fully saturated rings. The summed E-state index contributed by atoms with van der Waals surface area (Å²) in [6.45, 7) is 4.17. The first-order valence-electron chi connectivity index (χ1n) is 9.23. The highest BCUT2D eigenvalue weighted by molar-refractivity contribution is 7.94. The van der Waals surface area contributed by atoms with Gasteiger partial charge in [0.1, 0.15) is 15.7 Å². The van der Waals surface area contributed by atoms with E-state index in [0.29, 0.717) is 23.8 Å². The molecule has 0 radical (unpaired) electrons. The molecule has 1 heterocycles. The van der Waals surface area contributed by atoms with Crippen molar-refractivity contribution >= 4 is 33.0 Å². The number of benzene rings is 2. The summed E-state index contributed by atoms with van der Waals surface area (Å²) >= 11 is 1.10. The molecule has 9 heteroatoms. The Morgan fingerprint density at radius 2 is 1.70 bits per heavy atom. The van der Waals surface area contributed by atoms with Crippen molar-refractivity contribution in [2.75, 3.05) is 11.3 Å². The highest BCUT2D eigenvalue weighted by atomic mass is 32.2. The summed E-state index contributed by atoms with van der Waals surface area (Å²) in [4.78, 5) is 11.8. The van der Waals surface area contributed by atoms with Gasteiger partial charge in [0.2, 0.25) is 5.91 Å². The molecule has 1 aromatic heterocycles. The molecule has 3 aromatic rings. The summed E-state index contributed by atoms with van der Waals surface area (Å²) in [5.41, 5.74) is 0.322. The minimum atomic E-state index is -3.80. The number of ether oxygens (including phenoxy) is 2. The molecule has 0 bridgehead atoms. The molecule has 0 saturated heterocycles. The van der Waals surface area contributed by atoms with Crippen LogP contribution in [0.2, 0.25) is 0 Å². The van der Waals surface area contributed by atoms with E-state index in [1.807, 2.05) is 6.92 Å². The van der Waals surface area contributed by atoms with Gasteiger partial charge in [-0.2, -0.15) is 0 Å². The second-order valence-electron chi connectivity index (χ2n) is 6.24. The van der Waals surface area contributed by atoms with E-state index in [9.17, 15) is 13.2 Å². The summed E-state index contributed by atoms with van der Waals surface area (Å²) in [6.07, 6.45) is 0. The van der Waals surface area contributed by atoms with Crippen LogP contribution in [0.1, 0.15) is 18.7 Å². The number of carbonyl (C=O) groups is 1. The standard InChI is InChI=1S/C21H22N2O5S2/c1-3-27-16-8-10-17(11-9-16)28-20-7-5-4-6-19(20)23-30(25,26)21-13-12-18(29-21)14-22-15(2)24/h4-13,23H,3,14H2,1-2H3,(H,22,24). The number of carbonyl (C=O) groups excluding carboxylic acids is 1. The van der Waals surface area contributed by atoms with Crippen LogP contribution in [0.5, 0.6) is 17.2 Å². The lowest BCUT2D eigenvalue weighted by molar-refractivity contribution is -0.119. The monoisotopic (exact) mass is 446 g/mol. The zero-order valence-electron chi connectivity index (χ0n) is 16.5. The maximum atomic E-state index is 12.8. The number of hydrogen-bond acceptors (Lipinski definition) is 6. The van der Waals surface area contributed by atoms with Crippen molar-refractivity contribution in [2.45, 2.75) is 24.6 Å². The van der Waals surface area contributed by atoms with E-state index in [0.717, 1.165) is 22.0 Å². The van der Waals surface area contributed by atoms with Gasteiger partial charge in [-0.05, 0) is 55.5 Å². The number of amides is 1. The minimum Gasteiger partial charge on any atom is -0.494 e. The number of nitrogens with one attached hydrogen (secondary N) is 2. The van der Waals surface area contributed by atoms with Gasteiger partial charge in [0.15, 0.2) is 5.75 Å². The first-order valence-corrected chi connectivity index (χ1v) is 11.5. The predicted molar refractivity (Wildman–Crippen MR) is 117 cm³/mol. The van der Waals surface area contributed by atoms with Crippen molar-refractivity contribution in [3.05, 3.63) is 65.5 Å². The molecule has 0 aliphatic rings. The van der Waals surface area contributed by atoms with Crippen LogP contribution in [0.4, 0.5) is 5.69 Å². The molecular weight excluding hydrogens is 424 g/mol. The number of thiophene rings is 1. The SMILES string of the molecule is CCOc1ccc(Oc2ccccc2NS(=O)(=O)c2ccc(CNC(C)=O)s2)cc1. The van der Waals surface area contributed by atoms with Crippen molar-refractivity contribution in [1.82, 2.24) is 5.32 Å². The second-order valence-corrected chi connectivity index (χ2v) is 9.32. The quantitative estimate of drug-likeness (QED) is 0.509. The van der Waals surface area contributed by atoms with Crippen LogP contribution >= 0.6 is 11.3 Å². The Kier molecular flexibility index (Phi) is 6.96. The van der Waals surface area contributed by atoms with E-state index in [4.69, 9.17) is 9.47 Å². The smallest absolute Gasteiger partial charge is 0.271 e. The molecule has 0 spiro atoms. The molecule has 0 aliphatic carbocycles. The van der Waals surface area contributed by atoms with E-state index >= 15 is 0 Å². The van der Waals surface area contributed by atoms with Gasteiger partial charge in [0.25, 0.3) is 10.0 Å². The maximum absolute atomic E-state index is 12.8. The summed E-state index contributed by atoms with van der Waals surface area (Å²) in [5, 5.41) is 2.65. The van der Waals surface area contributed by atoms with E-state index in [2.05, 4.69) is 10.0 Å². The fourth-order valence-electron chi connectivity index (χ4n) is 2.54. The maximum Gasteiger partial charge on any atom is 0.271 e. The second kappa shape index (κ2) is 9.64. The third-order valence-electron chi connectivity index (χ3n) is 3.91. The lowest BCUT2D eigenvalue weighted by Gasteiger charge is -2.13. The average molecular weight is 447 g/mol. The Hall–Kier alpha value is -3.04. The topological polar surface area (TPSA) is 93.7 Å². The summed E-state index contributed by atoms with van der Waals surface area (Å²) in [6, 6.07) is 17.1. The largest absolute Gasteiger partial charge is 0.494 e. The van der Waals surface area contributed by atoms with Crippen molar-refractivity contribution in [3.8, 4) is 17.2 Å². The van der Waals surface area contributed by atoms with Crippen molar-refractivity contribution < 1.29 is 22.7 Å². The predicted octanol–water partition coefficient (Wildman–Crippen LogP) is 4.38. The van der Waals surface area contributed by atoms with Gasteiger partial charge in [-0.1, -0.05) is 12.1 Å². The molecule has 30 heavy (non-hydrogen) atoms. The van der Waals surface area contributed by atoms with Crippen molar-refractivity contribution in [3.63, 3.8) is 0 Å². The Morgan fingerprint density at radius 3 is 2.40 bits per heavy atom. The van der Waals surface area contributed by atoms with Gasteiger partial charge in [-0.25, -0.2) is 8.42 Å². The van der Waals surface area contributed by atoms with Gasteiger partial charge < -0.3 is 14.8 Å². The van der Waals surface area contributed by atoms with Crippen molar-refractivity contribution in [2.24, 2.45) is 0 Å². The van der Waals surface area contributed by atoms with Crippen LogP contribution in [-0.2, 0) is 21.4 Å². The first kappa shape index (κ1) is 21.7. The summed E-state index contributed by atoms with van der Waals surface area (Å²) < 4.78 is 39.6. The molecule has 0 atom stereocenters. The van der Waals surface area contributed by atoms with Crippen LogP contribution in [0.25, 0.3) is 0 Å². The summed E-state index contributed by atoms with van der Waals surface area (Å²) in [5.74, 6) is 1.48. The van der Waals surface area contributed by atoms with E-state index in [1.54, 1.807) is 54.6 Å². The molecule has 7 nitrogen and oxygen atoms in total. The van der Waals surface area contributed by atoms with Gasteiger partial charge in [-0.15, -0.1) is 11.3 Å². The van der Waals surface area contributed by atoms with Crippen LogP contribution in [-0.4, -0.2) is 20.9 Å². The van der Waals surface area contributed by atoms with E-state index in [-0.39, 0.29) is 16.7 Å². The zero-order chi connectivity index (χ0) is 21.6. The van der Waals surface area contributed by atoms with Crippen molar-refractivity contribution in [1.29, 1.82) is 0 Å². The third kappa shape index (κ3) is 5.74. The van der Waals surface area contributed by atoms with Crippen LogP contribution in [0.3, 0.4) is 0 Å². The Balaban J connectivity index is 1.76. The number of anilines is 1. The summed E-state index contributed by atoms with van der Waals surface area (Å²) in [7, 11) is -3.80. The molecule has 0 saturated carbocycles. The molecule has 2 aromatic carbocycles. The van der Waals surface area contributed by atoms with Crippen LogP contribution in [0, 0.1) is 0 Å². The van der Waals surface area contributed by atoms with E-state index < -0.39 is 10.0 Å². The highest BCUT2D eigenvalue weighted by Crippen LogP contribution is 2.32. The lowest BCUT2D eigenvalue weighted by atomic mass is 10.3. The van der Waals surface area contributed by atoms with Gasteiger partial charge in [0, 0.05) is 11.8 Å². The fourth-order valence-corrected chi connectivity index (χ4v) is 4.91. The Morgan fingerprint density at radius 1 is 1.00 bits per heavy atom.